The van der Waals surface area contributed by atoms with Crippen LogP contribution in [0, 0.1) is 5.92 Å². The smallest absolute Gasteiger partial charge is 0.191 e. The summed E-state index contributed by atoms with van der Waals surface area (Å²) in [4.78, 5) is 7.15. The molecule has 1 aliphatic rings. The lowest BCUT2D eigenvalue weighted by atomic mass is 10.1. The number of para-hydroxylation sites is 2. The van der Waals surface area contributed by atoms with Gasteiger partial charge in [0.2, 0.25) is 0 Å². The van der Waals surface area contributed by atoms with E-state index in [0.717, 1.165) is 61.4 Å². The third kappa shape index (κ3) is 5.96. The summed E-state index contributed by atoms with van der Waals surface area (Å²) in [5, 5.41) is 6.85. The van der Waals surface area contributed by atoms with Crippen molar-refractivity contribution in [2.24, 2.45) is 10.9 Å². The molecule has 1 aliphatic heterocycles. The summed E-state index contributed by atoms with van der Waals surface area (Å²) in [5.41, 5.74) is 2.18. The van der Waals surface area contributed by atoms with E-state index < -0.39 is 0 Å². The first kappa shape index (κ1) is 22.6. The number of rotatable bonds is 9. The number of benzene rings is 2. The molecule has 0 aliphatic carbocycles. The normalized spacial score (nSPS) is 16.2. The van der Waals surface area contributed by atoms with Gasteiger partial charge in [-0.1, -0.05) is 12.1 Å². The quantitative estimate of drug-likeness (QED) is 0.474. The lowest BCUT2D eigenvalue weighted by molar-refractivity contribution is 0.391. The van der Waals surface area contributed by atoms with E-state index in [0.29, 0.717) is 12.5 Å². The molecule has 0 saturated carbocycles. The minimum Gasteiger partial charge on any atom is -0.497 e. The molecule has 1 atom stereocenters. The molecule has 168 valence electrons. The van der Waals surface area contributed by atoms with E-state index in [4.69, 9.17) is 19.2 Å². The molecule has 1 unspecified atom stereocenters. The Hall–Kier alpha value is -3.09. The molecule has 31 heavy (non-hydrogen) atoms. The zero-order valence-electron chi connectivity index (χ0n) is 19.0. The van der Waals surface area contributed by atoms with Crippen molar-refractivity contribution >= 4 is 11.6 Å². The Bertz CT molecular complexity index is 872. The van der Waals surface area contributed by atoms with Crippen LogP contribution in [0.15, 0.2) is 47.5 Å². The number of ether oxygens (including phenoxy) is 3. The Morgan fingerprint density at radius 3 is 2.58 bits per heavy atom. The molecule has 3 rings (SSSR count). The maximum Gasteiger partial charge on any atom is 0.191 e. The van der Waals surface area contributed by atoms with Gasteiger partial charge in [0.05, 0.1) is 33.6 Å². The molecule has 1 saturated heterocycles. The Balaban J connectivity index is 1.58. The fourth-order valence-corrected chi connectivity index (χ4v) is 3.84. The number of methoxy groups -OCH3 is 3. The summed E-state index contributed by atoms with van der Waals surface area (Å²) >= 11 is 0. The van der Waals surface area contributed by atoms with Gasteiger partial charge in [0, 0.05) is 37.8 Å². The van der Waals surface area contributed by atoms with Crippen LogP contribution in [0.5, 0.6) is 17.2 Å². The van der Waals surface area contributed by atoms with Crippen molar-refractivity contribution in [1.82, 2.24) is 10.6 Å². The first-order valence-electron chi connectivity index (χ1n) is 10.8. The second-order valence-corrected chi connectivity index (χ2v) is 7.53. The van der Waals surface area contributed by atoms with E-state index in [1.807, 2.05) is 30.3 Å². The predicted octanol–water partition coefficient (Wildman–Crippen LogP) is 3.29. The molecular formula is C24H34N4O3. The van der Waals surface area contributed by atoms with Crippen molar-refractivity contribution in [3.63, 3.8) is 0 Å². The van der Waals surface area contributed by atoms with Gasteiger partial charge in [-0.3, -0.25) is 0 Å². The summed E-state index contributed by atoms with van der Waals surface area (Å²) in [6.45, 7) is 6.31. The van der Waals surface area contributed by atoms with E-state index in [1.54, 1.807) is 21.3 Å². The highest BCUT2D eigenvalue weighted by Gasteiger charge is 2.24. The van der Waals surface area contributed by atoms with Gasteiger partial charge in [-0.2, -0.15) is 0 Å². The van der Waals surface area contributed by atoms with Gasteiger partial charge in [-0.25, -0.2) is 4.99 Å². The average molecular weight is 427 g/mol. The number of hydrogen-bond donors (Lipinski definition) is 2. The third-order valence-electron chi connectivity index (χ3n) is 5.52. The van der Waals surface area contributed by atoms with Crippen LogP contribution >= 0.6 is 0 Å². The second kappa shape index (κ2) is 11.3. The van der Waals surface area contributed by atoms with E-state index in [-0.39, 0.29) is 0 Å². The summed E-state index contributed by atoms with van der Waals surface area (Å²) in [7, 11) is 5.04. The highest BCUT2D eigenvalue weighted by Crippen LogP contribution is 2.31. The van der Waals surface area contributed by atoms with Crippen LogP contribution in [0.2, 0.25) is 0 Å². The number of nitrogens with one attached hydrogen (secondary N) is 2. The molecule has 0 spiro atoms. The number of nitrogens with zero attached hydrogens (tertiary/aromatic N) is 2. The predicted molar refractivity (Wildman–Crippen MR) is 126 cm³/mol. The zero-order chi connectivity index (χ0) is 22.1. The number of anilines is 1. The molecule has 2 aromatic rings. The summed E-state index contributed by atoms with van der Waals surface area (Å²) in [6, 6.07) is 14.0. The standard InChI is InChI=1S/C24H34N4O3/c1-5-25-24(27-16-19-10-11-20(29-2)14-23(19)31-4)26-15-18-12-13-28(17-18)21-8-6-7-9-22(21)30-3/h6-11,14,18H,5,12-13,15-17H2,1-4H3,(H2,25,26,27). The highest BCUT2D eigenvalue weighted by atomic mass is 16.5. The van der Waals surface area contributed by atoms with Crippen molar-refractivity contribution in [2.45, 2.75) is 19.9 Å². The van der Waals surface area contributed by atoms with Crippen molar-refractivity contribution in [3.8, 4) is 17.2 Å². The van der Waals surface area contributed by atoms with Crippen LogP contribution in [0.1, 0.15) is 18.9 Å². The first-order valence-corrected chi connectivity index (χ1v) is 10.8. The summed E-state index contributed by atoms with van der Waals surface area (Å²) in [6.07, 6.45) is 1.14. The molecular weight excluding hydrogens is 392 g/mol. The molecule has 0 amide bonds. The molecule has 2 aromatic carbocycles. The van der Waals surface area contributed by atoms with Crippen molar-refractivity contribution in [3.05, 3.63) is 48.0 Å². The second-order valence-electron chi connectivity index (χ2n) is 7.53. The van der Waals surface area contributed by atoms with Crippen LogP contribution in [-0.4, -0.2) is 53.5 Å². The highest BCUT2D eigenvalue weighted by molar-refractivity contribution is 5.79. The van der Waals surface area contributed by atoms with Gasteiger partial charge in [0.1, 0.15) is 17.2 Å². The lowest BCUT2D eigenvalue weighted by Crippen LogP contribution is -2.40. The fourth-order valence-electron chi connectivity index (χ4n) is 3.84. The topological polar surface area (TPSA) is 67.4 Å². The monoisotopic (exact) mass is 426 g/mol. The zero-order valence-corrected chi connectivity index (χ0v) is 19.0. The average Bonchev–Trinajstić information content (AvgIpc) is 3.29. The molecule has 7 nitrogen and oxygen atoms in total. The van der Waals surface area contributed by atoms with E-state index in [2.05, 4.69) is 34.6 Å². The summed E-state index contributed by atoms with van der Waals surface area (Å²) in [5.74, 6) is 3.84. The number of guanidine groups is 1. The molecule has 0 radical (unpaired) electrons. The Morgan fingerprint density at radius 2 is 1.84 bits per heavy atom. The lowest BCUT2D eigenvalue weighted by Gasteiger charge is -2.21. The van der Waals surface area contributed by atoms with Crippen LogP contribution in [-0.2, 0) is 6.54 Å². The first-order chi connectivity index (χ1) is 15.2. The van der Waals surface area contributed by atoms with Crippen LogP contribution in [0.3, 0.4) is 0 Å². The van der Waals surface area contributed by atoms with Crippen molar-refractivity contribution in [1.29, 1.82) is 0 Å². The largest absolute Gasteiger partial charge is 0.497 e. The maximum absolute atomic E-state index is 5.53. The van der Waals surface area contributed by atoms with E-state index in [1.165, 1.54) is 5.69 Å². The molecule has 2 N–H and O–H groups in total. The Labute approximate surface area is 185 Å². The van der Waals surface area contributed by atoms with Crippen molar-refractivity contribution < 1.29 is 14.2 Å². The van der Waals surface area contributed by atoms with Gasteiger partial charge in [0.15, 0.2) is 5.96 Å². The minimum atomic E-state index is 0.528. The van der Waals surface area contributed by atoms with Crippen LogP contribution in [0.25, 0.3) is 0 Å². The van der Waals surface area contributed by atoms with E-state index >= 15 is 0 Å². The number of aliphatic imine (C=N–C) groups is 1. The molecule has 1 heterocycles. The molecule has 0 bridgehead atoms. The summed E-state index contributed by atoms with van der Waals surface area (Å²) < 4.78 is 16.3. The minimum absolute atomic E-state index is 0.528. The Morgan fingerprint density at radius 1 is 1.03 bits per heavy atom. The molecule has 7 heteroatoms. The maximum atomic E-state index is 5.53. The van der Waals surface area contributed by atoms with Gasteiger partial charge in [-0.15, -0.1) is 0 Å². The van der Waals surface area contributed by atoms with Crippen molar-refractivity contribution in [2.75, 3.05) is 52.4 Å². The molecule has 1 fully saturated rings. The fraction of sp³-hybridized carbons (Fsp3) is 0.458. The Kier molecular flexibility index (Phi) is 8.27. The van der Waals surface area contributed by atoms with Crippen LogP contribution < -0.4 is 29.7 Å². The van der Waals surface area contributed by atoms with Crippen LogP contribution in [0.4, 0.5) is 5.69 Å². The third-order valence-corrected chi connectivity index (χ3v) is 5.52. The SMILES string of the molecule is CCNC(=NCc1ccc(OC)cc1OC)NCC1CCN(c2ccccc2OC)C1. The van der Waals surface area contributed by atoms with Gasteiger partial charge >= 0.3 is 0 Å². The van der Waals surface area contributed by atoms with Gasteiger partial charge in [-0.05, 0) is 43.5 Å². The molecule has 0 aromatic heterocycles. The van der Waals surface area contributed by atoms with Gasteiger partial charge in [0.25, 0.3) is 0 Å². The van der Waals surface area contributed by atoms with Gasteiger partial charge < -0.3 is 29.7 Å². The number of hydrogen-bond acceptors (Lipinski definition) is 5. The van der Waals surface area contributed by atoms with E-state index in [9.17, 15) is 0 Å².